The second-order valence-corrected chi connectivity index (χ2v) is 40.8. The first-order chi connectivity index (χ1) is 18.4. The molecule has 0 amide bonds. The lowest BCUT2D eigenvalue weighted by molar-refractivity contribution is -0.114. The van der Waals surface area contributed by atoms with Gasteiger partial charge in [-0.3, -0.25) is 4.79 Å². The molecule has 41 heavy (non-hydrogen) atoms. The molecule has 0 aromatic heterocycles. The highest BCUT2D eigenvalue weighted by molar-refractivity contribution is 6.88. The molecule has 1 aromatic rings. The summed E-state index contributed by atoms with van der Waals surface area (Å²) in [6.45, 7) is 31.7. The van der Waals surface area contributed by atoms with Crippen LogP contribution < -0.4 is 0 Å². The molecule has 0 atom stereocenters. The van der Waals surface area contributed by atoms with Crippen molar-refractivity contribution in [2.45, 2.75) is 123 Å². The molecule has 0 N–H and O–H groups in total. The fourth-order valence-electron chi connectivity index (χ4n) is 4.94. The Kier molecular flexibility index (Phi) is 15.0. The normalized spacial score (nSPS) is 14.1. The lowest BCUT2D eigenvalue weighted by atomic mass is 10.1. The second-order valence-electron chi connectivity index (χ2n) is 15.1. The van der Waals surface area contributed by atoms with Crippen LogP contribution in [0, 0.1) is 0 Å². The maximum Gasteiger partial charge on any atom is 0.314 e. The zero-order valence-corrected chi connectivity index (χ0v) is 34.6. The van der Waals surface area contributed by atoms with Crippen molar-refractivity contribution < 1.29 is 30.7 Å². The number of ether oxygens (including phenoxy) is 2. The van der Waals surface area contributed by atoms with Crippen molar-refractivity contribution in [1.82, 2.24) is 0 Å². The summed E-state index contributed by atoms with van der Waals surface area (Å²) >= 11 is 0. The monoisotopic (exact) mass is 676 g/mol. The Morgan fingerprint density at radius 1 is 0.561 bits per heavy atom. The Labute approximate surface area is 258 Å². The maximum atomic E-state index is 13.4. The molecule has 1 rings (SSSR count). The number of hydrogen-bond acceptors (Lipinski definition) is 7. The third kappa shape index (κ3) is 18.4. The van der Waals surface area contributed by atoms with Gasteiger partial charge in [0.15, 0.2) is 33.3 Å². The summed E-state index contributed by atoms with van der Waals surface area (Å²) < 4.78 is 38.8. The maximum absolute atomic E-state index is 13.4. The van der Waals surface area contributed by atoms with Crippen LogP contribution in [0.2, 0.25) is 104 Å². The Morgan fingerprint density at radius 2 is 0.878 bits per heavy atom. The van der Waals surface area contributed by atoms with Gasteiger partial charge in [-0.2, -0.15) is 0 Å². The smallest absolute Gasteiger partial charge is 0.314 e. The Balaban J connectivity index is 2.90. The van der Waals surface area contributed by atoms with Gasteiger partial charge in [-0.25, -0.2) is 0 Å². The van der Waals surface area contributed by atoms with E-state index in [0.717, 1.165) is 24.9 Å². The topological polar surface area (TPSA) is 72.5 Å². The van der Waals surface area contributed by atoms with Gasteiger partial charge in [-0.05, 0) is 117 Å². The van der Waals surface area contributed by atoms with Gasteiger partial charge in [0.25, 0.3) is 0 Å². The summed E-state index contributed by atoms with van der Waals surface area (Å²) in [5.74, 6) is -0.154. The molecular formula is C28H60O7Si6. The minimum atomic E-state index is -2.37. The fraction of sp³-hybridized carbons (Fsp3) is 0.750. The average Bonchev–Trinajstić information content (AvgIpc) is 2.72. The number of ketones is 1. The van der Waals surface area contributed by atoms with Crippen LogP contribution in [0.3, 0.4) is 0 Å². The molecular weight excluding hydrogens is 617 g/mol. The SMILES string of the molecule is C[Si](C)(C)O[Si](C)(CCCOC(OCCC[Si](C)(O[Si](C)(C)C)O[Si](C)(C)C)C(=O)c1ccccc1)O[Si](C)(C)C. The van der Waals surface area contributed by atoms with Crippen LogP contribution in [0.4, 0.5) is 0 Å². The van der Waals surface area contributed by atoms with Crippen LogP contribution in [0.15, 0.2) is 30.3 Å². The first-order valence-electron chi connectivity index (χ1n) is 15.0. The van der Waals surface area contributed by atoms with E-state index in [9.17, 15) is 4.79 Å². The molecule has 0 bridgehead atoms. The van der Waals surface area contributed by atoms with Crippen molar-refractivity contribution in [2.75, 3.05) is 13.2 Å². The van der Waals surface area contributed by atoms with Crippen LogP contribution >= 0.6 is 0 Å². The van der Waals surface area contributed by atoms with Crippen LogP contribution in [-0.2, 0) is 25.9 Å². The standard InChI is InChI=1S/C28H60O7Si6/c1-36(2,3)32-40(13,33-37(4,5)6)24-18-22-30-28(27(29)26-20-16-15-17-21-26)31-23-19-25-41(14,34-38(7,8)9)35-39(10,11)12/h15-17,20-21,28H,18-19,22-25H2,1-14H3. The molecule has 0 unspecified atom stereocenters. The van der Waals surface area contributed by atoms with Gasteiger partial charge in [0.1, 0.15) is 0 Å². The Bertz CT molecular complexity index is 839. The minimum absolute atomic E-state index is 0.154. The van der Waals surface area contributed by atoms with Gasteiger partial charge in [0.2, 0.25) is 12.1 Å². The van der Waals surface area contributed by atoms with Gasteiger partial charge in [0, 0.05) is 5.56 Å². The van der Waals surface area contributed by atoms with Crippen LogP contribution in [0.25, 0.3) is 0 Å². The third-order valence-electron chi connectivity index (χ3n) is 5.45. The summed E-state index contributed by atoms with van der Waals surface area (Å²) in [5, 5.41) is 0. The number of carbonyl (C=O) groups excluding carboxylic acids is 1. The number of rotatable bonds is 20. The van der Waals surface area contributed by atoms with Crippen molar-refractivity contribution in [3.63, 3.8) is 0 Å². The predicted octanol–water partition coefficient (Wildman–Crippen LogP) is 8.56. The molecule has 0 radical (unpaired) electrons. The number of hydrogen-bond donors (Lipinski definition) is 0. The Hall–Kier alpha value is -0.0487. The summed E-state index contributed by atoms with van der Waals surface area (Å²) in [7, 11) is -11.9. The van der Waals surface area contributed by atoms with E-state index >= 15 is 0 Å². The highest BCUT2D eigenvalue weighted by Crippen LogP contribution is 2.27. The number of Topliss-reactive ketones (excluding diaryl/α,β-unsaturated/α-hetero) is 1. The molecule has 0 saturated heterocycles. The lowest BCUT2D eigenvalue weighted by Gasteiger charge is -2.38. The highest BCUT2D eigenvalue weighted by Gasteiger charge is 2.41. The highest BCUT2D eigenvalue weighted by atomic mass is 28.5. The van der Waals surface area contributed by atoms with Crippen molar-refractivity contribution in [2.24, 2.45) is 0 Å². The summed E-state index contributed by atoms with van der Waals surface area (Å²) in [6.07, 6.45) is 0.544. The van der Waals surface area contributed by atoms with Crippen LogP contribution in [0.1, 0.15) is 23.2 Å². The molecule has 0 spiro atoms. The summed E-state index contributed by atoms with van der Waals surface area (Å²) in [5.41, 5.74) is 0.587. The molecule has 0 fully saturated rings. The zero-order valence-electron chi connectivity index (χ0n) is 28.6. The third-order valence-corrected chi connectivity index (χ3v) is 24.7. The predicted molar refractivity (Wildman–Crippen MR) is 186 cm³/mol. The Morgan fingerprint density at radius 3 is 1.17 bits per heavy atom. The van der Waals surface area contributed by atoms with E-state index in [4.69, 9.17) is 25.9 Å². The lowest BCUT2D eigenvalue weighted by Crippen LogP contribution is -2.52. The zero-order chi connectivity index (χ0) is 31.8. The van der Waals surface area contributed by atoms with Gasteiger partial charge in [-0.1, -0.05) is 30.3 Å². The first kappa shape index (κ1) is 39.0. The van der Waals surface area contributed by atoms with Crippen molar-refractivity contribution >= 4 is 56.2 Å². The fourth-order valence-corrected chi connectivity index (χ4v) is 30.0. The molecule has 7 nitrogen and oxygen atoms in total. The second kappa shape index (κ2) is 15.8. The van der Waals surface area contributed by atoms with E-state index in [1.54, 1.807) is 0 Å². The van der Waals surface area contributed by atoms with Gasteiger partial charge < -0.3 is 25.9 Å². The molecule has 0 heterocycles. The van der Waals surface area contributed by atoms with Crippen molar-refractivity contribution in [3.05, 3.63) is 35.9 Å². The molecule has 0 aliphatic carbocycles. The average molecular weight is 677 g/mol. The minimum Gasteiger partial charge on any atom is -0.437 e. The molecule has 0 saturated carbocycles. The first-order valence-corrected chi connectivity index (χ1v) is 33.7. The van der Waals surface area contributed by atoms with E-state index in [2.05, 4.69) is 91.7 Å². The van der Waals surface area contributed by atoms with E-state index in [1.807, 2.05) is 30.3 Å². The van der Waals surface area contributed by atoms with E-state index < -0.39 is 56.7 Å². The quantitative estimate of drug-likeness (QED) is 0.0593. The van der Waals surface area contributed by atoms with E-state index in [-0.39, 0.29) is 5.78 Å². The molecule has 238 valence electrons. The molecule has 0 aliphatic rings. The molecule has 13 heteroatoms. The van der Waals surface area contributed by atoms with Crippen molar-refractivity contribution in [1.29, 1.82) is 0 Å². The van der Waals surface area contributed by atoms with Gasteiger partial charge in [-0.15, -0.1) is 0 Å². The molecule has 0 aliphatic heterocycles. The number of carbonyl (C=O) groups is 1. The van der Waals surface area contributed by atoms with Crippen molar-refractivity contribution in [3.8, 4) is 0 Å². The van der Waals surface area contributed by atoms with E-state index in [0.29, 0.717) is 18.8 Å². The van der Waals surface area contributed by atoms with E-state index in [1.165, 1.54) is 0 Å². The summed E-state index contributed by atoms with van der Waals surface area (Å²) in [4.78, 5) is 13.4. The van der Waals surface area contributed by atoms with Gasteiger partial charge in [0.05, 0.1) is 13.2 Å². The van der Waals surface area contributed by atoms with Gasteiger partial charge >= 0.3 is 17.1 Å². The number of benzene rings is 1. The molecule has 1 aromatic carbocycles. The van der Waals surface area contributed by atoms with Crippen LogP contribution in [-0.4, -0.2) is 75.7 Å². The van der Waals surface area contributed by atoms with Crippen LogP contribution in [0.5, 0.6) is 0 Å². The largest absolute Gasteiger partial charge is 0.437 e. The summed E-state index contributed by atoms with van der Waals surface area (Å²) in [6, 6.07) is 10.9.